The fourth-order valence-electron chi connectivity index (χ4n) is 2.70. The molecule has 0 bridgehead atoms. The maximum atomic E-state index is 11.4. The Morgan fingerprint density at radius 2 is 1.59 bits per heavy atom. The lowest BCUT2D eigenvalue weighted by atomic mass is 9.85. The molecule has 1 unspecified atom stereocenters. The molecule has 2 N–H and O–H groups in total. The van der Waals surface area contributed by atoms with E-state index in [0.29, 0.717) is 6.42 Å². The molecule has 0 aliphatic heterocycles. The minimum atomic E-state index is -0.250. The molecule has 2 aromatic carbocycles. The van der Waals surface area contributed by atoms with Crippen molar-refractivity contribution in [2.45, 2.75) is 44.9 Å². The second kappa shape index (κ2) is 6.78. The molecule has 0 spiro atoms. The SMILES string of the molecule is CC(C)(C)c1ccc(CC(CC(N)=O)c2ccccc2)cc1. The number of rotatable bonds is 5. The van der Waals surface area contributed by atoms with Crippen LogP contribution < -0.4 is 5.73 Å². The molecule has 2 rings (SSSR count). The number of nitrogens with two attached hydrogens (primary N) is 1. The lowest BCUT2D eigenvalue weighted by molar-refractivity contribution is -0.118. The van der Waals surface area contributed by atoms with Gasteiger partial charge in [-0.1, -0.05) is 75.4 Å². The summed E-state index contributed by atoms with van der Waals surface area (Å²) in [6, 6.07) is 18.8. The van der Waals surface area contributed by atoms with Gasteiger partial charge in [-0.05, 0) is 34.4 Å². The summed E-state index contributed by atoms with van der Waals surface area (Å²) in [6.45, 7) is 6.63. The Bertz CT molecular complexity index is 608. The summed E-state index contributed by atoms with van der Waals surface area (Å²) in [5.74, 6) is -0.112. The van der Waals surface area contributed by atoms with Crippen molar-refractivity contribution < 1.29 is 4.79 Å². The molecule has 0 heterocycles. The quantitative estimate of drug-likeness (QED) is 0.883. The number of primary amides is 1. The van der Waals surface area contributed by atoms with Crippen LogP contribution in [0.2, 0.25) is 0 Å². The highest BCUT2D eigenvalue weighted by Gasteiger charge is 2.16. The van der Waals surface area contributed by atoms with Gasteiger partial charge in [-0.2, -0.15) is 0 Å². The normalized spacial score (nSPS) is 12.9. The van der Waals surface area contributed by atoms with Gasteiger partial charge in [-0.25, -0.2) is 0 Å². The molecule has 2 heteroatoms. The summed E-state index contributed by atoms with van der Waals surface area (Å²) in [6.07, 6.45) is 1.21. The molecular formula is C20H25NO. The third-order valence-electron chi connectivity index (χ3n) is 4.02. The minimum Gasteiger partial charge on any atom is -0.370 e. The predicted molar refractivity (Wildman–Crippen MR) is 91.8 cm³/mol. The van der Waals surface area contributed by atoms with Crippen molar-refractivity contribution in [2.24, 2.45) is 5.73 Å². The van der Waals surface area contributed by atoms with E-state index in [0.717, 1.165) is 6.42 Å². The first-order chi connectivity index (χ1) is 10.4. The highest BCUT2D eigenvalue weighted by Crippen LogP contribution is 2.26. The zero-order valence-corrected chi connectivity index (χ0v) is 13.7. The third kappa shape index (κ3) is 4.45. The van der Waals surface area contributed by atoms with Crippen molar-refractivity contribution in [3.05, 3.63) is 71.3 Å². The molecule has 1 atom stereocenters. The average molecular weight is 295 g/mol. The van der Waals surface area contributed by atoms with Crippen LogP contribution in [-0.2, 0) is 16.6 Å². The van der Waals surface area contributed by atoms with Gasteiger partial charge in [0.25, 0.3) is 0 Å². The Balaban J connectivity index is 2.19. The Morgan fingerprint density at radius 1 is 1.00 bits per heavy atom. The van der Waals surface area contributed by atoms with Crippen LogP contribution in [0.25, 0.3) is 0 Å². The van der Waals surface area contributed by atoms with Crippen molar-refractivity contribution in [1.29, 1.82) is 0 Å². The first kappa shape index (κ1) is 16.3. The van der Waals surface area contributed by atoms with Crippen LogP contribution in [0.15, 0.2) is 54.6 Å². The Hall–Kier alpha value is -2.09. The van der Waals surface area contributed by atoms with E-state index >= 15 is 0 Å². The predicted octanol–water partition coefficient (Wildman–Crippen LogP) is 4.19. The smallest absolute Gasteiger partial charge is 0.218 e. The Morgan fingerprint density at radius 3 is 2.09 bits per heavy atom. The average Bonchev–Trinajstić information content (AvgIpc) is 2.47. The van der Waals surface area contributed by atoms with Gasteiger partial charge in [-0.3, -0.25) is 4.79 Å². The van der Waals surface area contributed by atoms with Gasteiger partial charge in [0.1, 0.15) is 0 Å². The number of hydrogen-bond acceptors (Lipinski definition) is 1. The van der Waals surface area contributed by atoms with Crippen LogP contribution in [0, 0.1) is 0 Å². The van der Waals surface area contributed by atoms with E-state index in [9.17, 15) is 4.79 Å². The zero-order chi connectivity index (χ0) is 16.2. The molecule has 116 valence electrons. The van der Waals surface area contributed by atoms with Gasteiger partial charge in [0, 0.05) is 6.42 Å². The molecule has 0 radical (unpaired) electrons. The van der Waals surface area contributed by atoms with Gasteiger partial charge in [0.05, 0.1) is 0 Å². The molecule has 0 aromatic heterocycles. The molecule has 0 saturated heterocycles. The van der Waals surface area contributed by atoms with E-state index in [-0.39, 0.29) is 17.2 Å². The van der Waals surface area contributed by atoms with E-state index < -0.39 is 0 Å². The van der Waals surface area contributed by atoms with Crippen molar-refractivity contribution in [2.75, 3.05) is 0 Å². The second-order valence-corrected chi connectivity index (χ2v) is 6.93. The fourth-order valence-corrected chi connectivity index (χ4v) is 2.70. The van der Waals surface area contributed by atoms with E-state index in [1.165, 1.54) is 16.7 Å². The van der Waals surface area contributed by atoms with Crippen LogP contribution >= 0.6 is 0 Å². The molecule has 0 aliphatic rings. The zero-order valence-electron chi connectivity index (χ0n) is 13.7. The summed E-state index contributed by atoms with van der Waals surface area (Å²) < 4.78 is 0. The molecule has 2 aromatic rings. The van der Waals surface area contributed by atoms with Gasteiger partial charge < -0.3 is 5.73 Å². The minimum absolute atomic E-state index is 0.138. The molecule has 0 fully saturated rings. The van der Waals surface area contributed by atoms with Gasteiger partial charge in [0.2, 0.25) is 5.91 Å². The number of carbonyl (C=O) groups is 1. The summed E-state index contributed by atoms with van der Waals surface area (Å²) in [5.41, 5.74) is 9.31. The van der Waals surface area contributed by atoms with Crippen molar-refractivity contribution in [1.82, 2.24) is 0 Å². The molecular weight excluding hydrogens is 270 g/mol. The molecule has 22 heavy (non-hydrogen) atoms. The Kier molecular flexibility index (Phi) is 5.02. The Labute approximate surface area is 133 Å². The van der Waals surface area contributed by atoms with E-state index in [4.69, 9.17) is 5.73 Å². The van der Waals surface area contributed by atoms with Crippen molar-refractivity contribution in [3.8, 4) is 0 Å². The summed E-state index contributed by atoms with van der Waals surface area (Å²) in [4.78, 5) is 11.4. The number of benzene rings is 2. The summed E-state index contributed by atoms with van der Waals surface area (Å²) >= 11 is 0. The lowest BCUT2D eigenvalue weighted by Gasteiger charge is -2.20. The fraction of sp³-hybridized carbons (Fsp3) is 0.350. The number of hydrogen-bond donors (Lipinski definition) is 1. The first-order valence-electron chi connectivity index (χ1n) is 7.79. The lowest BCUT2D eigenvalue weighted by Crippen LogP contribution is -2.17. The van der Waals surface area contributed by atoms with Crippen LogP contribution in [0.1, 0.15) is 49.8 Å². The highest BCUT2D eigenvalue weighted by molar-refractivity contribution is 5.74. The monoisotopic (exact) mass is 295 g/mol. The molecule has 2 nitrogen and oxygen atoms in total. The number of carbonyl (C=O) groups excluding carboxylic acids is 1. The summed E-state index contributed by atoms with van der Waals surface area (Å²) in [5, 5.41) is 0. The molecule has 0 aliphatic carbocycles. The first-order valence-corrected chi connectivity index (χ1v) is 7.79. The number of amides is 1. The van der Waals surface area contributed by atoms with Crippen LogP contribution in [0.3, 0.4) is 0 Å². The maximum Gasteiger partial charge on any atom is 0.218 e. The van der Waals surface area contributed by atoms with E-state index in [2.05, 4.69) is 57.2 Å². The van der Waals surface area contributed by atoms with Gasteiger partial charge >= 0.3 is 0 Å². The van der Waals surface area contributed by atoms with Gasteiger partial charge in [0.15, 0.2) is 0 Å². The highest BCUT2D eigenvalue weighted by atomic mass is 16.1. The second-order valence-electron chi connectivity index (χ2n) is 6.93. The topological polar surface area (TPSA) is 43.1 Å². The van der Waals surface area contributed by atoms with Crippen LogP contribution in [0.5, 0.6) is 0 Å². The largest absolute Gasteiger partial charge is 0.370 e. The van der Waals surface area contributed by atoms with Crippen molar-refractivity contribution in [3.63, 3.8) is 0 Å². The molecule has 0 saturated carbocycles. The third-order valence-corrected chi connectivity index (χ3v) is 4.02. The van der Waals surface area contributed by atoms with Gasteiger partial charge in [-0.15, -0.1) is 0 Å². The van der Waals surface area contributed by atoms with E-state index in [1.807, 2.05) is 18.2 Å². The van der Waals surface area contributed by atoms with E-state index in [1.54, 1.807) is 0 Å². The standard InChI is InChI=1S/C20H25NO/c1-20(2,3)18-11-9-15(10-12-18)13-17(14-19(21)22)16-7-5-4-6-8-16/h4-12,17H,13-14H2,1-3H3,(H2,21,22). The molecule has 1 amide bonds. The van der Waals surface area contributed by atoms with Crippen LogP contribution in [0.4, 0.5) is 0 Å². The summed E-state index contributed by atoms with van der Waals surface area (Å²) in [7, 11) is 0. The maximum absolute atomic E-state index is 11.4. The van der Waals surface area contributed by atoms with Crippen molar-refractivity contribution >= 4 is 5.91 Å². The van der Waals surface area contributed by atoms with Crippen LogP contribution in [-0.4, -0.2) is 5.91 Å².